The number of amides is 2. The zero-order valence-electron chi connectivity index (χ0n) is 22.4. The van der Waals surface area contributed by atoms with Gasteiger partial charge in [0.2, 0.25) is 5.91 Å². The monoisotopic (exact) mass is 484 g/mol. The summed E-state index contributed by atoms with van der Waals surface area (Å²) in [6, 6.07) is 0. The SMILES string of the molecule is C[SiH](C)ON1CC(C(C)(C)C)CC1(C(=O)OC(C)(C)C)C1CC(=O)N(C(=O)OC(C)(C)C)C1. The number of hydroxylamine groups is 2. The Labute approximate surface area is 201 Å². The van der Waals surface area contributed by atoms with Crippen molar-refractivity contribution in [3.8, 4) is 0 Å². The van der Waals surface area contributed by atoms with Gasteiger partial charge in [-0.25, -0.2) is 14.5 Å². The fraction of sp³-hybridized carbons (Fsp3) is 0.875. The lowest BCUT2D eigenvalue weighted by molar-refractivity contribution is -0.199. The van der Waals surface area contributed by atoms with E-state index in [4.69, 9.17) is 14.0 Å². The van der Waals surface area contributed by atoms with Crippen LogP contribution in [0.15, 0.2) is 0 Å². The molecule has 2 rings (SSSR count). The van der Waals surface area contributed by atoms with Crippen molar-refractivity contribution in [3.63, 3.8) is 0 Å². The van der Waals surface area contributed by atoms with Gasteiger partial charge in [0.05, 0.1) is 0 Å². The summed E-state index contributed by atoms with van der Waals surface area (Å²) >= 11 is 0. The average Bonchev–Trinajstić information content (AvgIpc) is 3.12. The minimum absolute atomic E-state index is 0.0643. The molecule has 2 aliphatic heterocycles. The first-order valence-electron chi connectivity index (χ1n) is 12.0. The number of esters is 1. The minimum atomic E-state index is -1.58. The minimum Gasteiger partial charge on any atom is -0.459 e. The maximum Gasteiger partial charge on any atom is 0.417 e. The first-order chi connectivity index (χ1) is 14.8. The zero-order chi connectivity index (χ0) is 25.6. The molecule has 8 nitrogen and oxygen atoms in total. The second-order valence-corrected chi connectivity index (χ2v) is 15.1. The summed E-state index contributed by atoms with van der Waals surface area (Å²) in [6.45, 7) is 22.0. The van der Waals surface area contributed by atoms with E-state index in [0.717, 1.165) is 4.90 Å². The number of nitrogens with zero attached hydrogens (tertiary/aromatic N) is 2. The summed E-state index contributed by atoms with van der Waals surface area (Å²) in [5.41, 5.74) is -2.63. The second-order valence-electron chi connectivity index (χ2n) is 12.8. The molecule has 0 radical (unpaired) electrons. The maximum absolute atomic E-state index is 13.9. The van der Waals surface area contributed by atoms with Crippen molar-refractivity contribution in [2.75, 3.05) is 13.1 Å². The molecule has 2 heterocycles. The lowest BCUT2D eigenvalue weighted by Gasteiger charge is -2.42. The molecule has 2 saturated heterocycles. The second kappa shape index (κ2) is 9.30. The van der Waals surface area contributed by atoms with Crippen LogP contribution in [0.3, 0.4) is 0 Å². The maximum atomic E-state index is 13.9. The van der Waals surface area contributed by atoms with Gasteiger partial charge in [-0.15, -0.1) is 0 Å². The molecule has 0 aromatic rings. The van der Waals surface area contributed by atoms with Crippen LogP contribution in [0.4, 0.5) is 4.79 Å². The Hall–Kier alpha value is -1.45. The predicted molar refractivity (Wildman–Crippen MR) is 129 cm³/mol. The van der Waals surface area contributed by atoms with Crippen molar-refractivity contribution < 1.29 is 28.4 Å². The summed E-state index contributed by atoms with van der Waals surface area (Å²) in [7, 11) is -1.58. The molecule has 9 heteroatoms. The smallest absolute Gasteiger partial charge is 0.417 e. The van der Waals surface area contributed by atoms with Gasteiger partial charge in [0, 0.05) is 25.4 Å². The number of carbonyl (C=O) groups is 3. The van der Waals surface area contributed by atoms with Gasteiger partial charge in [0.15, 0.2) is 9.04 Å². The highest BCUT2D eigenvalue weighted by atomic mass is 28.3. The molecular formula is C24H44N2O6Si. The largest absolute Gasteiger partial charge is 0.459 e. The van der Waals surface area contributed by atoms with E-state index >= 15 is 0 Å². The van der Waals surface area contributed by atoms with Crippen LogP contribution < -0.4 is 0 Å². The molecule has 190 valence electrons. The summed E-state index contributed by atoms with van der Waals surface area (Å²) in [5, 5.41) is 1.81. The van der Waals surface area contributed by atoms with E-state index in [0.29, 0.717) is 13.0 Å². The van der Waals surface area contributed by atoms with Crippen LogP contribution in [-0.2, 0) is 23.6 Å². The van der Waals surface area contributed by atoms with Gasteiger partial charge in [-0.2, -0.15) is 5.06 Å². The first kappa shape index (κ1) is 27.8. The van der Waals surface area contributed by atoms with Crippen LogP contribution in [0.1, 0.15) is 75.2 Å². The fourth-order valence-electron chi connectivity index (χ4n) is 4.49. The third kappa shape index (κ3) is 6.57. The Morgan fingerprint density at radius 1 is 0.939 bits per heavy atom. The van der Waals surface area contributed by atoms with Gasteiger partial charge in [0.1, 0.15) is 16.7 Å². The van der Waals surface area contributed by atoms with Gasteiger partial charge in [-0.05, 0) is 72.4 Å². The summed E-state index contributed by atoms with van der Waals surface area (Å²) < 4.78 is 17.7. The van der Waals surface area contributed by atoms with Gasteiger partial charge in [-0.3, -0.25) is 4.79 Å². The Balaban J connectivity index is 2.50. The van der Waals surface area contributed by atoms with E-state index < -0.39 is 37.8 Å². The van der Waals surface area contributed by atoms with Crippen LogP contribution in [0.5, 0.6) is 0 Å². The Morgan fingerprint density at radius 2 is 1.48 bits per heavy atom. The van der Waals surface area contributed by atoms with E-state index in [1.807, 2.05) is 25.8 Å². The third-order valence-electron chi connectivity index (χ3n) is 6.12. The number of ether oxygens (including phenoxy) is 2. The average molecular weight is 485 g/mol. The van der Waals surface area contributed by atoms with Gasteiger partial charge >= 0.3 is 12.1 Å². The third-order valence-corrected chi connectivity index (χ3v) is 6.79. The first-order valence-corrected chi connectivity index (χ1v) is 14.8. The molecule has 2 amide bonds. The van der Waals surface area contributed by atoms with Crippen LogP contribution in [0, 0.1) is 17.3 Å². The van der Waals surface area contributed by atoms with Crippen molar-refractivity contribution in [1.29, 1.82) is 0 Å². The number of carbonyl (C=O) groups excluding carboxylic acids is 3. The highest BCUT2D eigenvalue weighted by Crippen LogP contribution is 2.49. The van der Waals surface area contributed by atoms with Crippen molar-refractivity contribution in [2.24, 2.45) is 17.3 Å². The molecule has 3 atom stereocenters. The fourth-order valence-corrected chi connectivity index (χ4v) is 5.27. The van der Waals surface area contributed by atoms with Gasteiger partial charge < -0.3 is 14.0 Å². The van der Waals surface area contributed by atoms with Crippen molar-refractivity contribution in [2.45, 2.75) is 105 Å². The standard InChI is InChI=1S/C24H44N2O6Si/c1-21(2,3)17-13-24(19(28)30-22(4,5)6,26(15-17)32-33(10)11)16-12-18(27)25(14-16)20(29)31-23(7,8)9/h16-17,33H,12-15H2,1-11H3. The summed E-state index contributed by atoms with van der Waals surface area (Å²) in [4.78, 5) is 40.7. The lowest BCUT2D eigenvalue weighted by atomic mass is 9.73. The quantitative estimate of drug-likeness (QED) is 0.438. The Bertz CT molecular complexity index is 764. The van der Waals surface area contributed by atoms with E-state index in [-0.39, 0.29) is 36.2 Å². The summed E-state index contributed by atoms with van der Waals surface area (Å²) in [5.74, 6) is -1.02. The molecule has 2 fully saturated rings. The topological polar surface area (TPSA) is 85.4 Å². The molecule has 0 aliphatic carbocycles. The zero-order valence-corrected chi connectivity index (χ0v) is 23.6. The highest BCUT2D eigenvalue weighted by Gasteiger charge is 2.63. The Morgan fingerprint density at radius 3 is 1.94 bits per heavy atom. The molecule has 0 N–H and O–H groups in total. The number of rotatable bonds is 4. The highest BCUT2D eigenvalue weighted by molar-refractivity contribution is 6.48. The van der Waals surface area contributed by atoms with Crippen LogP contribution in [0.25, 0.3) is 0 Å². The van der Waals surface area contributed by atoms with E-state index in [2.05, 4.69) is 33.9 Å². The molecule has 0 aromatic carbocycles. The normalized spacial score (nSPS) is 27.4. The van der Waals surface area contributed by atoms with Gasteiger partial charge in [0.25, 0.3) is 0 Å². The molecule has 0 aromatic heterocycles. The van der Waals surface area contributed by atoms with E-state index in [9.17, 15) is 14.4 Å². The molecule has 3 unspecified atom stereocenters. The molecule has 33 heavy (non-hydrogen) atoms. The molecule has 0 spiro atoms. The molecule has 0 bridgehead atoms. The van der Waals surface area contributed by atoms with E-state index in [1.54, 1.807) is 20.8 Å². The Kier molecular flexibility index (Phi) is 7.83. The van der Waals surface area contributed by atoms with Crippen molar-refractivity contribution in [1.82, 2.24) is 9.96 Å². The van der Waals surface area contributed by atoms with Crippen LogP contribution >= 0.6 is 0 Å². The molecule has 0 saturated carbocycles. The van der Waals surface area contributed by atoms with Crippen molar-refractivity contribution in [3.05, 3.63) is 0 Å². The molecule has 2 aliphatic rings. The number of hydrogen-bond acceptors (Lipinski definition) is 7. The van der Waals surface area contributed by atoms with Crippen LogP contribution in [-0.4, -0.2) is 66.8 Å². The lowest BCUT2D eigenvalue weighted by Crippen LogP contribution is -2.59. The number of hydrogen-bond donors (Lipinski definition) is 0. The molecular weight excluding hydrogens is 440 g/mol. The predicted octanol–water partition coefficient (Wildman–Crippen LogP) is 4.13. The van der Waals surface area contributed by atoms with E-state index in [1.165, 1.54) is 0 Å². The summed E-state index contributed by atoms with van der Waals surface area (Å²) in [6.07, 6.45) is -0.105. The number of likely N-dealkylation sites (tertiary alicyclic amines) is 1. The van der Waals surface area contributed by atoms with Crippen molar-refractivity contribution >= 4 is 27.0 Å². The number of imide groups is 1. The van der Waals surface area contributed by atoms with Crippen LogP contribution in [0.2, 0.25) is 13.1 Å². The van der Waals surface area contributed by atoms with Gasteiger partial charge in [-0.1, -0.05) is 20.8 Å².